The molecule has 1 amide bonds. The molecule has 0 unspecified atom stereocenters. The highest BCUT2D eigenvalue weighted by molar-refractivity contribution is 5.70. The van der Waals surface area contributed by atoms with E-state index in [1.54, 1.807) is 4.90 Å². The van der Waals surface area contributed by atoms with Crippen LogP contribution in [0.3, 0.4) is 0 Å². The van der Waals surface area contributed by atoms with Gasteiger partial charge < -0.3 is 14.4 Å². The number of nitrogens with zero attached hydrogens (tertiary/aromatic N) is 1. The lowest BCUT2D eigenvalue weighted by atomic mass is 9.88. The smallest absolute Gasteiger partial charge is 0.410 e. The van der Waals surface area contributed by atoms with Gasteiger partial charge >= 0.3 is 6.09 Å². The number of likely N-dealkylation sites (tertiary alicyclic amines) is 1. The van der Waals surface area contributed by atoms with Gasteiger partial charge in [0.25, 0.3) is 0 Å². The minimum absolute atomic E-state index is 0.0706. The molecule has 1 heterocycles. The Balaban J connectivity index is 2.78. The van der Waals surface area contributed by atoms with Crippen LogP contribution >= 0.6 is 0 Å². The quantitative estimate of drug-likeness (QED) is 0.663. The minimum Gasteiger partial charge on any atom is -0.444 e. The van der Waals surface area contributed by atoms with E-state index in [9.17, 15) is 9.59 Å². The molecule has 1 rings (SSSR count). The Morgan fingerprint density at radius 3 is 2.35 bits per heavy atom. The van der Waals surface area contributed by atoms with E-state index in [-0.39, 0.29) is 24.1 Å². The van der Waals surface area contributed by atoms with Gasteiger partial charge in [0, 0.05) is 18.0 Å². The van der Waals surface area contributed by atoms with Crippen LogP contribution < -0.4 is 0 Å². The maximum atomic E-state index is 12.1. The Hall–Kier alpha value is -1.06. The molecule has 17 heavy (non-hydrogen) atoms. The first kappa shape index (κ1) is 14.0. The summed E-state index contributed by atoms with van der Waals surface area (Å²) in [6.07, 6.45) is 2.34. The maximum Gasteiger partial charge on any atom is 0.410 e. The van der Waals surface area contributed by atoms with E-state index >= 15 is 0 Å². The standard InChI is InChI=1S/C13H23NO3/c1-9-6-7-11(8-15)10(2)14(9)12(16)17-13(3,4)5/h8-11H,6-7H2,1-5H3/t9-,10+,11+/m0/s1. The lowest BCUT2D eigenvalue weighted by Crippen LogP contribution is -2.53. The summed E-state index contributed by atoms with van der Waals surface area (Å²) in [7, 11) is 0. The number of carbonyl (C=O) groups excluding carboxylic acids is 2. The largest absolute Gasteiger partial charge is 0.444 e. The third-order valence-electron chi connectivity index (χ3n) is 3.23. The van der Waals surface area contributed by atoms with Crippen LogP contribution in [0.4, 0.5) is 4.79 Å². The number of rotatable bonds is 1. The van der Waals surface area contributed by atoms with Gasteiger partial charge in [-0.2, -0.15) is 0 Å². The van der Waals surface area contributed by atoms with E-state index in [1.807, 2.05) is 34.6 Å². The average molecular weight is 241 g/mol. The molecule has 0 aliphatic carbocycles. The minimum atomic E-state index is -0.495. The molecule has 0 radical (unpaired) electrons. The van der Waals surface area contributed by atoms with Gasteiger partial charge in [0.05, 0.1) is 0 Å². The predicted molar refractivity (Wildman–Crippen MR) is 65.8 cm³/mol. The van der Waals surface area contributed by atoms with Crippen LogP contribution in [0.25, 0.3) is 0 Å². The monoisotopic (exact) mass is 241 g/mol. The van der Waals surface area contributed by atoms with Crippen LogP contribution in [0, 0.1) is 5.92 Å². The number of hydrogen-bond acceptors (Lipinski definition) is 3. The van der Waals surface area contributed by atoms with Gasteiger partial charge in [-0.3, -0.25) is 0 Å². The number of amides is 1. The summed E-state index contributed by atoms with van der Waals surface area (Å²) in [6.45, 7) is 9.46. The molecule has 1 fully saturated rings. The molecule has 3 atom stereocenters. The zero-order chi connectivity index (χ0) is 13.2. The summed E-state index contributed by atoms with van der Waals surface area (Å²) in [6, 6.07) is 0.0575. The summed E-state index contributed by atoms with van der Waals surface area (Å²) in [5.41, 5.74) is -0.495. The van der Waals surface area contributed by atoms with Crippen LogP contribution in [-0.4, -0.2) is 35.0 Å². The normalized spacial score (nSPS) is 29.9. The lowest BCUT2D eigenvalue weighted by molar-refractivity contribution is -0.114. The third kappa shape index (κ3) is 3.45. The van der Waals surface area contributed by atoms with Crippen LogP contribution in [0.1, 0.15) is 47.5 Å². The van der Waals surface area contributed by atoms with E-state index < -0.39 is 5.60 Å². The molecule has 0 saturated carbocycles. The van der Waals surface area contributed by atoms with Crippen molar-refractivity contribution in [2.24, 2.45) is 5.92 Å². The summed E-state index contributed by atoms with van der Waals surface area (Å²) in [5.74, 6) is -0.0706. The van der Waals surface area contributed by atoms with Crippen molar-refractivity contribution in [1.82, 2.24) is 4.90 Å². The van der Waals surface area contributed by atoms with Crippen molar-refractivity contribution in [3.63, 3.8) is 0 Å². The van der Waals surface area contributed by atoms with Gasteiger partial charge in [-0.25, -0.2) is 4.79 Å². The van der Waals surface area contributed by atoms with Gasteiger partial charge in [-0.1, -0.05) is 0 Å². The number of piperidine rings is 1. The van der Waals surface area contributed by atoms with Crippen molar-refractivity contribution in [2.45, 2.75) is 65.1 Å². The number of carbonyl (C=O) groups is 2. The van der Waals surface area contributed by atoms with Gasteiger partial charge in [-0.05, 0) is 47.5 Å². The van der Waals surface area contributed by atoms with Crippen molar-refractivity contribution in [3.05, 3.63) is 0 Å². The van der Waals surface area contributed by atoms with Crippen molar-refractivity contribution >= 4 is 12.4 Å². The van der Waals surface area contributed by atoms with E-state index in [4.69, 9.17) is 4.74 Å². The first-order valence-electron chi connectivity index (χ1n) is 6.23. The zero-order valence-electron chi connectivity index (χ0n) is 11.4. The second-order valence-corrected chi connectivity index (χ2v) is 5.85. The highest BCUT2D eigenvalue weighted by Gasteiger charge is 2.37. The summed E-state index contributed by atoms with van der Waals surface area (Å²) in [5, 5.41) is 0. The van der Waals surface area contributed by atoms with Crippen LogP contribution in [0.5, 0.6) is 0 Å². The summed E-state index contributed by atoms with van der Waals surface area (Å²) < 4.78 is 5.38. The second kappa shape index (κ2) is 5.07. The fourth-order valence-corrected chi connectivity index (χ4v) is 2.26. The van der Waals surface area contributed by atoms with Crippen LogP contribution in [-0.2, 0) is 9.53 Å². The predicted octanol–water partition coefficient (Wildman–Crippen LogP) is 2.61. The Labute approximate surface area is 103 Å². The van der Waals surface area contributed by atoms with E-state index in [1.165, 1.54) is 0 Å². The molecule has 98 valence electrons. The molecule has 0 spiro atoms. The highest BCUT2D eigenvalue weighted by Crippen LogP contribution is 2.28. The molecule has 4 nitrogen and oxygen atoms in total. The topological polar surface area (TPSA) is 46.6 Å². The maximum absolute atomic E-state index is 12.1. The first-order chi connectivity index (χ1) is 7.76. The fourth-order valence-electron chi connectivity index (χ4n) is 2.26. The molecule has 0 bridgehead atoms. The van der Waals surface area contributed by atoms with Gasteiger partial charge in [0.15, 0.2) is 0 Å². The van der Waals surface area contributed by atoms with Crippen molar-refractivity contribution in [1.29, 1.82) is 0 Å². The summed E-state index contributed by atoms with van der Waals surface area (Å²) in [4.78, 5) is 24.7. The molecular weight excluding hydrogens is 218 g/mol. The molecule has 1 saturated heterocycles. The lowest BCUT2D eigenvalue weighted by Gasteiger charge is -2.42. The Kier molecular flexibility index (Phi) is 4.17. The third-order valence-corrected chi connectivity index (χ3v) is 3.23. The van der Waals surface area contributed by atoms with Gasteiger partial charge in [-0.15, -0.1) is 0 Å². The summed E-state index contributed by atoms with van der Waals surface area (Å²) >= 11 is 0. The second-order valence-electron chi connectivity index (χ2n) is 5.85. The molecule has 0 N–H and O–H groups in total. The fraction of sp³-hybridized carbons (Fsp3) is 0.846. The van der Waals surface area contributed by atoms with Crippen LogP contribution in [0.15, 0.2) is 0 Å². The number of aldehydes is 1. The molecule has 0 aromatic rings. The van der Waals surface area contributed by atoms with Gasteiger partial charge in [0.1, 0.15) is 11.9 Å². The zero-order valence-corrected chi connectivity index (χ0v) is 11.4. The molecule has 1 aliphatic heterocycles. The molecule has 4 heteroatoms. The number of hydrogen-bond donors (Lipinski definition) is 0. The van der Waals surface area contributed by atoms with Gasteiger partial charge in [0.2, 0.25) is 0 Å². The Bertz CT molecular complexity index is 296. The molecular formula is C13H23NO3. The van der Waals surface area contributed by atoms with E-state index in [2.05, 4.69) is 0 Å². The molecule has 0 aromatic carbocycles. The van der Waals surface area contributed by atoms with E-state index in [0.717, 1.165) is 19.1 Å². The Morgan fingerprint density at radius 2 is 1.88 bits per heavy atom. The first-order valence-corrected chi connectivity index (χ1v) is 6.23. The molecule has 0 aromatic heterocycles. The van der Waals surface area contributed by atoms with Crippen molar-refractivity contribution < 1.29 is 14.3 Å². The highest BCUT2D eigenvalue weighted by atomic mass is 16.6. The van der Waals surface area contributed by atoms with Crippen LogP contribution in [0.2, 0.25) is 0 Å². The average Bonchev–Trinajstić information content (AvgIpc) is 2.15. The van der Waals surface area contributed by atoms with Crippen molar-refractivity contribution in [3.8, 4) is 0 Å². The number of ether oxygens (including phenoxy) is 1. The van der Waals surface area contributed by atoms with Crippen molar-refractivity contribution in [2.75, 3.05) is 0 Å². The van der Waals surface area contributed by atoms with E-state index in [0.29, 0.717) is 0 Å². The SMILES string of the molecule is C[C@@H]1[C@@H](C=O)CC[C@H](C)N1C(=O)OC(C)(C)C. The molecule has 1 aliphatic rings. The Morgan fingerprint density at radius 1 is 1.29 bits per heavy atom.